The molecule has 0 aromatic rings. The maximum absolute atomic E-state index is 3.67. The minimum absolute atomic E-state index is 0.832. The number of hydrogen-bond donors (Lipinski definition) is 1. The van der Waals surface area contributed by atoms with Gasteiger partial charge >= 0.3 is 0 Å². The number of nitrogens with zero attached hydrogens (tertiary/aromatic N) is 3. The standard InChI is InChI=1S/C14H28N2.C6H14N2/c1-2-6-10-14(11-7-3-1)16-13-9-5-4-8-12-15-16;1-7-3-5-8(2)6-4-7/h14-15H,1-13H2;3-6H2,1-2H3. The third-order valence-corrected chi connectivity index (χ3v) is 5.88. The Morgan fingerprint density at radius 1 is 0.583 bits per heavy atom. The zero-order valence-corrected chi connectivity index (χ0v) is 16.4. The third kappa shape index (κ3) is 8.28. The highest BCUT2D eigenvalue weighted by atomic mass is 15.5. The Hall–Kier alpha value is -0.160. The summed E-state index contributed by atoms with van der Waals surface area (Å²) in [5.41, 5.74) is 3.67. The molecular formula is C20H42N4. The summed E-state index contributed by atoms with van der Waals surface area (Å²) in [6.07, 6.45) is 15.8. The summed E-state index contributed by atoms with van der Waals surface area (Å²) in [5, 5.41) is 2.59. The summed E-state index contributed by atoms with van der Waals surface area (Å²) < 4.78 is 0. The van der Waals surface area contributed by atoms with Crippen LogP contribution < -0.4 is 5.43 Å². The van der Waals surface area contributed by atoms with Gasteiger partial charge in [-0.15, -0.1) is 0 Å². The second-order valence-corrected chi connectivity index (χ2v) is 8.12. The summed E-state index contributed by atoms with van der Waals surface area (Å²) in [7, 11) is 4.35. The van der Waals surface area contributed by atoms with Crippen LogP contribution in [0.3, 0.4) is 0 Å². The number of likely N-dealkylation sites (N-methyl/N-ethyl adjacent to an activating group) is 2. The van der Waals surface area contributed by atoms with Crippen molar-refractivity contribution in [1.29, 1.82) is 0 Å². The maximum Gasteiger partial charge on any atom is 0.0243 e. The fraction of sp³-hybridized carbons (Fsp3) is 1.00. The van der Waals surface area contributed by atoms with Crippen LogP contribution in [0.15, 0.2) is 0 Å². The number of rotatable bonds is 1. The van der Waals surface area contributed by atoms with E-state index in [-0.39, 0.29) is 0 Å². The molecule has 0 aromatic carbocycles. The Bertz CT molecular complexity index is 256. The van der Waals surface area contributed by atoms with Crippen molar-refractivity contribution in [2.24, 2.45) is 0 Å². The molecule has 0 bridgehead atoms. The molecule has 4 heteroatoms. The first kappa shape index (κ1) is 20.2. The largest absolute Gasteiger partial charge is 0.304 e. The Balaban J connectivity index is 0.000000219. The van der Waals surface area contributed by atoms with E-state index in [1.807, 2.05) is 0 Å². The van der Waals surface area contributed by atoms with Crippen LogP contribution in [0.5, 0.6) is 0 Å². The highest BCUT2D eigenvalue weighted by Crippen LogP contribution is 2.21. The summed E-state index contributed by atoms with van der Waals surface area (Å²) in [6.45, 7) is 7.42. The Morgan fingerprint density at radius 2 is 1.08 bits per heavy atom. The fourth-order valence-electron chi connectivity index (χ4n) is 4.03. The van der Waals surface area contributed by atoms with Crippen LogP contribution in [0.2, 0.25) is 0 Å². The molecule has 4 nitrogen and oxygen atoms in total. The Labute approximate surface area is 150 Å². The average Bonchev–Trinajstić information content (AvgIpc) is 2.51. The van der Waals surface area contributed by atoms with Gasteiger partial charge in [-0.25, -0.2) is 5.01 Å². The summed E-state index contributed by atoms with van der Waals surface area (Å²) in [4.78, 5) is 4.72. The molecule has 24 heavy (non-hydrogen) atoms. The first-order chi connectivity index (χ1) is 11.8. The summed E-state index contributed by atoms with van der Waals surface area (Å²) in [5.74, 6) is 0. The molecule has 1 aliphatic carbocycles. The van der Waals surface area contributed by atoms with Crippen LogP contribution in [-0.4, -0.2) is 74.2 Å². The first-order valence-electron chi connectivity index (χ1n) is 10.6. The van der Waals surface area contributed by atoms with E-state index in [1.54, 1.807) is 0 Å². The number of hydrazine groups is 1. The molecule has 3 aliphatic rings. The molecule has 0 unspecified atom stereocenters. The lowest BCUT2D eigenvalue weighted by Gasteiger charge is -2.34. The second-order valence-electron chi connectivity index (χ2n) is 8.12. The highest BCUT2D eigenvalue weighted by Gasteiger charge is 2.19. The van der Waals surface area contributed by atoms with Crippen LogP contribution in [0.4, 0.5) is 0 Å². The van der Waals surface area contributed by atoms with E-state index in [0.29, 0.717) is 0 Å². The minimum Gasteiger partial charge on any atom is -0.304 e. The van der Waals surface area contributed by atoms with Crippen molar-refractivity contribution in [3.8, 4) is 0 Å². The van der Waals surface area contributed by atoms with Gasteiger partial charge in [-0.2, -0.15) is 0 Å². The van der Waals surface area contributed by atoms with Crippen molar-refractivity contribution < 1.29 is 0 Å². The van der Waals surface area contributed by atoms with Gasteiger partial charge in [0.1, 0.15) is 0 Å². The topological polar surface area (TPSA) is 21.8 Å². The lowest BCUT2D eigenvalue weighted by atomic mass is 9.96. The Morgan fingerprint density at radius 3 is 1.71 bits per heavy atom. The van der Waals surface area contributed by atoms with Crippen molar-refractivity contribution in [3.05, 3.63) is 0 Å². The van der Waals surface area contributed by atoms with Crippen molar-refractivity contribution >= 4 is 0 Å². The van der Waals surface area contributed by atoms with E-state index in [1.165, 1.54) is 110 Å². The van der Waals surface area contributed by atoms with Crippen LogP contribution in [0.25, 0.3) is 0 Å². The van der Waals surface area contributed by atoms with Crippen LogP contribution in [0, 0.1) is 0 Å². The normalized spacial score (nSPS) is 27.2. The monoisotopic (exact) mass is 338 g/mol. The zero-order valence-electron chi connectivity index (χ0n) is 16.4. The highest BCUT2D eigenvalue weighted by molar-refractivity contribution is 4.73. The first-order valence-corrected chi connectivity index (χ1v) is 10.6. The molecule has 3 rings (SSSR count). The van der Waals surface area contributed by atoms with E-state index in [9.17, 15) is 0 Å². The molecule has 2 aliphatic heterocycles. The molecule has 142 valence electrons. The summed E-state index contributed by atoms with van der Waals surface area (Å²) in [6, 6.07) is 0.832. The van der Waals surface area contributed by atoms with Gasteiger partial charge in [0.05, 0.1) is 0 Å². The number of piperazine rings is 1. The minimum atomic E-state index is 0.832. The van der Waals surface area contributed by atoms with Gasteiger partial charge in [0.2, 0.25) is 0 Å². The average molecular weight is 339 g/mol. The predicted molar refractivity (Wildman–Crippen MR) is 104 cm³/mol. The van der Waals surface area contributed by atoms with Gasteiger partial charge in [-0.1, -0.05) is 44.9 Å². The second kappa shape index (κ2) is 12.2. The molecule has 0 amide bonds. The van der Waals surface area contributed by atoms with Gasteiger partial charge in [0, 0.05) is 45.3 Å². The van der Waals surface area contributed by atoms with E-state index in [0.717, 1.165) is 6.04 Å². The number of hydrogen-bond acceptors (Lipinski definition) is 4. The third-order valence-electron chi connectivity index (χ3n) is 5.88. The van der Waals surface area contributed by atoms with Gasteiger partial charge in [-0.05, 0) is 39.8 Å². The SMILES string of the molecule is C1CCCC(N2CCCCCCN2)CCC1.CN1CCN(C)CC1. The fourth-order valence-corrected chi connectivity index (χ4v) is 4.03. The van der Waals surface area contributed by atoms with Crippen LogP contribution in [-0.2, 0) is 0 Å². The van der Waals surface area contributed by atoms with Crippen molar-refractivity contribution in [2.45, 2.75) is 76.7 Å². The maximum atomic E-state index is 3.67. The van der Waals surface area contributed by atoms with Gasteiger partial charge in [-0.3, -0.25) is 5.43 Å². The predicted octanol–water partition coefficient (Wildman–Crippen LogP) is 3.34. The zero-order chi connectivity index (χ0) is 17.0. The van der Waals surface area contributed by atoms with Crippen molar-refractivity contribution in [1.82, 2.24) is 20.2 Å². The van der Waals surface area contributed by atoms with E-state index in [4.69, 9.17) is 0 Å². The number of nitrogens with one attached hydrogen (secondary N) is 1. The van der Waals surface area contributed by atoms with Crippen molar-refractivity contribution in [3.63, 3.8) is 0 Å². The smallest absolute Gasteiger partial charge is 0.0243 e. The quantitative estimate of drug-likeness (QED) is 0.791. The molecule has 0 radical (unpaired) electrons. The molecule has 1 saturated carbocycles. The van der Waals surface area contributed by atoms with Crippen LogP contribution >= 0.6 is 0 Å². The molecule has 2 heterocycles. The molecule has 2 saturated heterocycles. The Kier molecular flexibility index (Phi) is 10.3. The van der Waals surface area contributed by atoms with Gasteiger partial charge < -0.3 is 9.80 Å². The van der Waals surface area contributed by atoms with E-state index in [2.05, 4.69) is 34.3 Å². The molecule has 0 spiro atoms. The molecule has 0 atom stereocenters. The van der Waals surface area contributed by atoms with Crippen molar-refractivity contribution in [2.75, 3.05) is 53.4 Å². The van der Waals surface area contributed by atoms with Crippen LogP contribution in [0.1, 0.15) is 70.6 Å². The van der Waals surface area contributed by atoms with E-state index < -0.39 is 0 Å². The molecule has 0 aromatic heterocycles. The molecule has 1 N–H and O–H groups in total. The molecule has 3 fully saturated rings. The van der Waals surface area contributed by atoms with E-state index >= 15 is 0 Å². The van der Waals surface area contributed by atoms with Gasteiger partial charge in [0.25, 0.3) is 0 Å². The molecular weight excluding hydrogens is 296 g/mol. The summed E-state index contributed by atoms with van der Waals surface area (Å²) >= 11 is 0. The van der Waals surface area contributed by atoms with Gasteiger partial charge in [0.15, 0.2) is 0 Å². The lowest BCUT2D eigenvalue weighted by molar-refractivity contribution is 0.0927. The lowest BCUT2D eigenvalue weighted by Crippen LogP contribution is -2.47.